The van der Waals surface area contributed by atoms with Gasteiger partial charge >= 0.3 is 0 Å². The highest BCUT2D eigenvalue weighted by molar-refractivity contribution is 5.28. The molecule has 0 spiro atoms. The lowest BCUT2D eigenvalue weighted by Crippen LogP contribution is -2.28. The van der Waals surface area contributed by atoms with Crippen molar-refractivity contribution in [3.63, 3.8) is 0 Å². The zero-order valence-electron chi connectivity index (χ0n) is 14.7. The molecule has 0 saturated carbocycles. The van der Waals surface area contributed by atoms with Crippen LogP contribution in [0.15, 0.2) is 0 Å². The van der Waals surface area contributed by atoms with Crippen LogP contribution in [0.25, 0.3) is 0 Å². The van der Waals surface area contributed by atoms with Crippen molar-refractivity contribution in [2.75, 3.05) is 13.7 Å². The van der Waals surface area contributed by atoms with Gasteiger partial charge in [-0.25, -0.2) is 9.97 Å². The van der Waals surface area contributed by atoms with Crippen molar-refractivity contribution < 1.29 is 4.74 Å². The fraction of sp³-hybridized carbons (Fsp3) is 0.765. The van der Waals surface area contributed by atoms with Crippen LogP contribution in [-0.4, -0.2) is 29.7 Å². The van der Waals surface area contributed by atoms with Crippen LogP contribution in [0.5, 0.6) is 0 Å². The molecule has 1 rings (SSSR count). The molecule has 0 fully saturated rings. The average Bonchev–Trinajstić information content (AvgIpc) is 2.41. The maximum absolute atomic E-state index is 5.53. The van der Waals surface area contributed by atoms with Crippen molar-refractivity contribution in [2.24, 2.45) is 0 Å². The predicted molar refractivity (Wildman–Crippen MR) is 87.7 cm³/mol. The first-order valence-corrected chi connectivity index (χ1v) is 8.01. The molecular formula is C17H31N3O. The summed E-state index contributed by atoms with van der Waals surface area (Å²) in [6.07, 6.45) is 2.03. The summed E-state index contributed by atoms with van der Waals surface area (Å²) in [5.74, 6) is 1.23. The lowest BCUT2D eigenvalue weighted by Gasteiger charge is -2.21. The maximum Gasteiger partial charge on any atom is 0.157 e. The van der Waals surface area contributed by atoms with Crippen LogP contribution in [0, 0.1) is 13.8 Å². The number of aryl methyl sites for hydroxylation is 2. The minimum atomic E-state index is 0.00513. The Bertz CT molecular complexity index is 423. The van der Waals surface area contributed by atoms with Crippen LogP contribution in [0.3, 0.4) is 0 Å². The van der Waals surface area contributed by atoms with E-state index in [2.05, 4.69) is 46.9 Å². The molecule has 0 radical (unpaired) electrons. The highest BCUT2D eigenvalue weighted by atomic mass is 16.5. The van der Waals surface area contributed by atoms with E-state index in [1.54, 1.807) is 7.11 Å². The summed E-state index contributed by atoms with van der Waals surface area (Å²) < 4.78 is 5.53. The van der Waals surface area contributed by atoms with E-state index in [0.29, 0.717) is 12.0 Å². The van der Waals surface area contributed by atoms with Gasteiger partial charge in [0.15, 0.2) is 5.82 Å². The summed E-state index contributed by atoms with van der Waals surface area (Å²) in [5.41, 5.74) is 3.42. The van der Waals surface area contributed by atoms with Crippen LogP contribution >= 0.6 is 0 Å². The number of methoxy groups -OCH3 is 1. The second-order valence-electron chi connectivity index (χ2n) is 6.14. The molecule has 0 bridgehead atoms. The van der Waals surface area contributed by atoms with E-state index >= 15 is 0 Å². The third-order valence-electron chi connectivity index (χ3n) is 3.79. The molecule has 0 aromatic carbocycles. The van der Waals surface area contributed by atoms with E-state index in [1.165, 1.54) is 5.56 Å². The summed E-state index contributed by atoms with van der Waals surface area (Å²) in [7, 11) is 1.73. The highest BCUT2D eigenvalue weighted by Crippen LogP contribution is 2.25. The molecule has 1 aromatic rings. The van der Waals surface area contributed by atoms with E-state index in [4.69, 9.17) is 14.7 Å². The number of aromatic nitrogens is 2. The second-order valence-corrected chi connectivity index (χ2v) is 6.14. The first kappa shape index (κ1) is 18.1. The SMILES string of the molecule is CCCC(OC)c1nc(C)c(C(C)CNC(C)C)c(C)n1. The molecule has 0 saturated heterocycles. The van der Waals surface area contributed by atoms with Crippen molar-refractivity contribution in [3.05, 3.63) is 22.8 Å². The van der Waals surface area contributed by atoms with Crippen molar-refractivity contribution >= 4 is 0 Å². The third-order valence-corrected chi connectivity index (χ3v) is 3.79. The number of nitrogens with one attached hydrogen (secondary N) is 1. The summed E-state index contributed by atoms with van der Waals surface area (Å²) in [5, 5.41) is 3.49. The van der Waals surface area contributed by atoms with Gasteiger partial charge in [-0.1, -0.05) is 34.1 Å². The predicted octanol–water partition coefficient (Wildman–Crippen LogP) is 3.68. The Balaban J connectivity index is 2.98. The minimum Gasteiger partial charge on any atom is -0.373 e. The van der Waals surface area contributed by atoms with Gasteiger partial charge in [-0.05, 0) is 31.7 Å². The van der Waals surface area contributed by atoms with Crippen molar-refractivity contribution in [3.8, 4) is 0 Å². The van der Waals surface area contributed by atoms with E-state index in [0.717, 1.165) is 36.6 Å². The number of rotatable bonds is 8. The lowest BCUT2D eigenvalue weighted by atomic mass is 9.97. The molecule has 1 heterocycles. The maximum atomic E-state index is 5.53. The van der Waals surface area contributed by atoms with Gasteiger partial charge in [0.05, 0.1) is 0 Å². The Kier molecular flexibility index (Phi) is 7.26. The molecule has 2 unspecified atom stereocenters. The van der Waals surface area contributed by atoms with E-state index in [-0.39, 0.29) is 6.10 Å². The van der Waals surface area contributed by atoms with E-state index < -0.39 is 0 Å². The van der Waals surface area contributed by atoms with Crippen molar-refractivity contribution in [2.45, 2.75) is 72.4 Å². The number of nitrogens with zero attached hydrogens (tertiary/aromatic N) is 2. The molecular weight excluding hydrogens is 262 g/mol. The van der Waals surface area contributed by atoms with Crippen molar-refractivity contribution in [1.29, 1.82) is 0 Å². The molecule has 120 valence electrons. The Morgan fingerprint density at radius 3 is 2.10 bits per heavy atom. The normalized spacial score (nSPS) is 14.5. The quantitative estimate of drug-likeness (QED) is 0.794. The van der Waals surface area contributed by atoms with Crippen molar-refractivity contribution in [1.82, 2.24) is 15.3 Å². The molecule has 0 aliphatic carbocycles. The molecule has 21 heavy (non-hydrogen) atoms. The number of hydrogen-bond donors (Lipinski definition) is 1. The molecule has 4 nitrogen and oxygen atoms in total. The van der Waals surface area contributed by atoms with Gasteiger partial charge in [0.25, 0.3) is 0 Å². The Hall–Kier alpha value is -1.00. The molecule has 4 heteroatoms. The van der Waals surface area contributed by atoms with Crippen LogP contribution < -0.4 is 5.32 Å². The van der Waals surface area contributed by atoms with Crippen LogP contribution in [-0.2, 0) is 4.74 Å². The Labute approximate surface area is 129 Å². The second kappa shape index (κ2) is 8.44. The number of ether oxygens (including phenoxy) is 1. The van der Waals surface area contributed by atoms with Gasteiger partial charge in [0.2, 0.25) is 0 Å². The van der Waals surface area contributed by atoms with Gasteiger partial charge < -0.3 is 10.1 Å². The van der Waals surface area contributed by atoms with Gasteiger partial charge in [0.1, 0.15) is 6.10 Å². The van der Waals surface area contributed by atoms with E-state index in [9.17, 15) is 0 Å². The molecule has 1 aromatic heterocycles. The van der Waals surface area contributed by atoms with Crippen LogP contribution in [0.4, 0.5) is 0 Å². The van der Waals surface area contributed by atoms with Crippen LogP contribution in [0.2, 0.25) is 0 Å². The van der Waals surface area contributed by atoms with Crippen LogP contribution in [0.1, 0.15) is 75.3 Å². The Morgan fingerprint density at radius 1 is 1.10 bits per heavy atom. The molecule has 2 atom stereocenters. The zero-order chi connectivity index (χ0) is 16.0. The third kappa shape index (κ3) is 5.04. The highest BCUT2D eigenvalue weighted by Gasteiger charge is 2.19. The summed E-state index contributed by atoms with van der Waals surface area (Å²) in [6.45, 7) is 13.8. The average molecular weight is 293 g/mol. The number of hydrogen-bond acceptors (Lipinski definition) is 4. The van der Waals surface area contributed by atoms with Gasteiger partial charge in [0, 0.05) is 31.1 Å². The Morgan fingerprint density at radius 2 is 1.67 bits per heavy atom. The fourth-order valence-electron chi connectivity index (χ4n) is 2.74. The zero-order valence-corrected chi connectivity index (χ0v) is 14.7. The largest absolute Gasteiger partial charge is 0.373 e. The standard InChI is InChI=1S/C17H31N3O/c1-8-9-15(21-7)17-19-13(5)16(14(6)20-17)12(4)10-18-11(2)3/h11-12,15,18H,8-10H2,1-7H3. The summed E-state index contributed by atoms with van der Waals surface area (Å²) in [6, 6.07) is 0.496. The summed E-state index contributed by atoms with van der Waals surface area (Å²) >= 11 is 0. The monoisotopic (exact) mass is 293 g/mol. The lowest BCUT2D eigenvalue weighted by molar-refractivity contribution is 0.0872. The van der Waals surface area contributed by atoms with Gasteiger partial charge in [-0.15, -0.1) is 0 Å². The minimum absolute atomic E-state index is 0.00513. The molecule has 0 aliphatic rings. The first-order chi connectivity index (χ1) is 9.90. The first-order valence-electron chi connectivity index (χ1n) is 8.01. The van der Waals surface area contributed by atoms with Gasteiger partial charge in [-0.3, -0.25) is 0 Å². The summed E-state index contributed by atoms with van der Waals surface area (Å²) in [4.78, 5) is 9.42. The van der Waals surface area contributed by atoms with E-state index in [1.807, 2.05) is 0 Å². The topological polar surface area (TPSA) is 47.0 Å². The fourth-order valence-corrected chi connectivity index (χ4v) is 2.74. The smallest absolute Gasteiger partial charge is 0.157 e. The molecule has 0 amide bonds. The van der Waals surface area contributed by atoms with Gasteiger partial charge in [-0.2, -0.15) is 0 Å². The molecule has 0 aliphatic heterocycles. The molecule has 1 N–H and O–H groups in total.